The van der Waals surface area contributed by atoms with Crippen LogP contribution in [-0.2, 0) is 4.79 Å². The third kappa shape index (κ3) is 3.70. The SMILES string of the molecule is CC(C)C(=O)N1CCN(c2nc3cc(Cl)ccc3c3nnc(C4CCCCC4)n23)C[C@H]1C. The predicted molar refractivity (Wildman–Crippen MR) is 127 cm³/mol. The van der Waals surface area contributed by atoms with Gasteiger partial charge in [-0.25, -0.2) is 9.38 Å². The first kappa shape index (κ1) is 21.4. The maximum Gasteiger partial charge on any atom is 0.225 e. The normalized spacial score (nSPS) is 20.6. The van der Waals surface area contributed by atoms with Gasteiger partial charge in [-0.2, -0.15) is 0 Å². The first-order valence-corrected chi connectivity index (χ1v) is 12.2. The first-order chi connectivity index (χ1) is 15.4. The molecule has 1 atom stereocenters. The van der Waals surface area contributed by atoms with Crippen LogP contribution in [0, 0.1) is 5.92 Å². The highest BCUT2D eigenvalue weighted by atomic mass is 35.5. The average Bonchev–Trinajstić information content (AvgIpc) is 3.23. The predicted octanol–water partition coefficient (Wildman–Crippen LogP) is 4.67. The molecule has 0 spiro atoms. The number of rotatable bonds is 3. The molecule has 2 aromatic heterocycles. The Bertz CT molecular complexity index is 1150. The van der Waals surface area contributed by atoms with Gasteiger partial charge in [0.2, 0.25) is 11.9 Å². The van der Waals surface area contributed by atoms with Gasteiger partial charge in [-0.1, -0.05) is 44.7 Å². The molecule has 1 saturated heterocycles. The number of benzene rings is 1. The molecular formula is C24H31ClN6O. The van der Waals surface area contributed by atoms with Crippen LogP contribution in [0.1, 0.15) is 64.6 Å². The molecule has 1 aliphatic carbocycles. The Morgan fingerprint density at radius 1 is 1.12 bits per heavy atom. The molecule has 7 nitrogen and oxygen atoms in total. The monoisotopic (exact) mass is 454 g/mol. The fraction of sp³-hybridized carbons (Fsp3) is 0.583. The Hall–Kier alpha value is -2.41. The molecule has 1 amide bonds. The van der Waals surface area contributed by atoms with Gasteiger partial charge in [-0.3, -0.25) is 4.79 Å². The lowest BCUT2D eigenvalue weighted by molar-refractivity contribution is -0.136. The van der Waals surface area contributed by atoms with Crippen molar-refractivity contribution in [2.75, 3.05) is 24.5 Å². The van der Waals surface area contributed by atoms with E-state index in [0.717, 1.165) is 54.3 Å². The van der Waals surface area contributed by atoms with Crippen LogP contribution < -0.4 is 4.90 Å². The van der Waals surface area contributed by atoms with Crippen LogP contribution >= 0.6 is 11.6 Å². The largest absolute Gasteiger partial charge is 0.338 e. The van der Waals surface area contributed by atoms with Crippen molar-refractivity contribution in [1.82, 2.24) is 24.5 Å². The Balaban J connectivity index is 1.60. The minimum absolute atomic E-state index is 0.00685. The van der Waals surface area contributed by atoms with Crippen molar-refractivity contribution >= 4 is 40.0 Å². The maximum absolute atomic E-state index is 12.6. The van der Waals surface area contributed by atoms with Crippen LogP contribution in [0.15, 0.2) is 18.2 Å². The van der Waals surface area contributed by atoms with Gasteiger partial charge in [0.25, 0.3) is 0 Å². The number of anilines is 1. The van der Waals surface area contributed by atoms with Crippen molar-refractivity contribution < 1.29 is 4.79 Å². The summed E-state index contributed by atoms with van der Waals surface area (Å²) in [5, 5.41) is 10.9. The zero-order valence-corrected chi connectivity index (χ0v) is 19.8. The van der Waals surface area contributed by atoms with Crippen LogP contribution in [0.2, 0.25) is 5.02 Å². The van der Waals surface area contributed by atoms with E-state index in [0.29, 0.717) is 17.5 Å². The van der Waals surface area contributed by atoms with E-state index in [4.69, 9.17) is 16.6 Å². The van der Waals surface area contributed by atoms with Crippen molar-refractivity contribution in [2.24, 2.45) is 5.92 Å². The maximum atomic E-state index is 12.6. The summed E-state index contributed by atoms with van der Waals surface area (Å²) in [6, 6.07) is 5.89. The number of carbonyl (C=O) groups is 1. The summed E-state index contributed by atoms with van der Waals surface area (Å²) >= 11 is 6.30. The van der Waals surface area contributed by atoms with Gasteiger partial charge >= 0.3 is 0 Å². The van der Waals surface area contributed by atoms with Gasteiger partial charge in [-0.05, 0) is 38.0 Å². The molecule has 1 aliphatic heterocycles. The van der Waals surface area contributed by atoms with Crippen molar-refractivity contribution in [3.8, 4) is 0 Å². The molecular weight excluding hydrogens is 424 g/mol. The second-order valence-corrected chi connectivity index (χ2v) is 10.0. The van der Waals surface area contributed by atoms with Crippen molar-refractivity contribution in [3.63, 3.8) is 0 Å². The van der Waals surface area contributed by atoms with E-state index in [2.05, 4.69) is 26.4 Å². The van der Waals surface area contributed by atoms with E-state index in [1.54, 1.807) is 0 Å². The second kappa shape index (κ2) is 8.50. The van der Waals surface area contributed by atoms with Crippen LogP contribution in [0.4, 0.5) is 5.95 Å². The number of carbonyl (C=O) groups excluding carboxylic acids is 1. The first-order valence-electron chi connectivity index (χ1n) is 11.8. The van der Waals surface area contributed by atoms with Crippen LogP contribution in [0.3, 0.4) is 0 Å². The zero-order valence-electron chi connectivity index (χ0n) is 19.1. The number of aromatic nitrogens is 4. The lowest BCUT2D eigenvalue weighted by Gasteiger charge is -2.41. The number of amides is 1. The van der Waals surface area contributed by atoms with E-state index in [1.807, 2.05) is 36.9 Å². The summed E-state index contributed by atoms with van der Waals surface area (Å²) in [6.07, 6.45) is 6.05. The summed E-state index contributed by atoms with van der Waals surface area (Å²) in [6.45, 7) is 8.21. The third-order valence-corrected chi connectivity index (χ3v) is 7.20. The molecule has 2 aliphatic rings. The molecule has 3 aromatic rings. The molecule has 0 radical (unpaired) electrons. The lowest BCUT2D eigenvalue weighted by Crippen LogP contribution is -2.55. The molecule has 0 unspecified atom stereocenters. The molecule has 1 saturated carbocycles. The Morgan fingerprint density at radius 3 is 2.62 bits per heavy atom. The van der Waals surface area contributed by atoms with E-state index < -0.39 is 0 Å². The molecule has 0 N–H and O–H groups in total. The summed E-state index contributed by atoms with van der Waals surface area (Å²) in [5.41, 5.74) is 1.67. The fourth-order valence-corrected chi connectivity index (χ4v) is 5.41. The van der Waals surface area contributed by atoms with Gasteiger partial charge in [-0.15, -0.1) is 10.2 Å². The van der Waals surface area contributed by atoms with Crippen molar-refractivity contribution in [1.29, 1.82) is 0 Å². The third-order valence-electron chi connectivity index (χ3n) is 6.97. The summed E-state index contributed by atoms with van der Waals surface area (Å²) in [5.74, 6) is 2.52. The van der Waals surface area contributed by atoms with Gasteiger partial charge in [0.15, 0.2) is 5.65 Å². The number of hydrogen-bond acceptors (Lipinski definition) is 5. The highest BCUT2D eigenvalue weighted by Crippen LogP contribution is 2.35. The summed E-state index contributed by atoms with van der Waals surface area (Å²) in [4.78, 5) is 22.0. The highest BCUT2D eigenvalue weighted by molar-refractivity contribution is 6.31. The average molecular weight is 455 g/mol. The minimum Gasteiger partial charge on any atom is -0.338 e. The molecule has 0 bridgehead atoms. The summed E-state index contributed by atoms with van der Waals surface area (Å²) < 4.78 is 2.18. The second-order valence-electron chi connectivity index (χ2n) is 9.61. The molecule has 8 heteroatoms. The fourth-order valence-electron chi connectivity index (χ4n) is 5.25. The molecule has 2 fully saturated rings. The molecule has 170 valence electrons. The lowest BCUT2D eigenvalue weighted by atomic mass is 9.89. The van der Waals surface area contributed by atoms with E-state index >= 15 is 0 Å². The summed E-state index contributed by atoms with van der Waals surface area (Å²) in [7, 11) is 0. The van der Waals surface area contributed by atoms with Gasteiger partial charge in [0, 0.05) is 47.9 Å². The van der Waals surface area contributed by atoms with E-state index in [-0.39, 0.29) is 17.9 Å². The molecule has 3 heterocycles. The molecule has 5 rings (SSSR count). The zero-order chi connectivity index (χ0) is 22.4. The highest BCUT2D eigenvalue weighted by Gasteiger charge is 2.32. The number of nitrogens with zero attached hydrogens (tertiary/aromatic N) is 6. The smallest absolute Gasteiger partial charge is 0.225 e. The van der Waals surface area contributed by atoms with E-state index in [9.17, 15) is 4.79 Å². The van der Waals surface area contributed by atoms with Crippen LogP contribution in [0.25, 0.3) is 16.6 Å². The minimum atomic E-state index is 0.00685. The van der Waals surface area contributed by atoms with Crippen molar-refractivity contribution in [3.05, 3.63) is 29.0 Å². The molecule has 32 heavy (non-hydrogen) atoms. The topological polar surface area (TPSA) is 66.6 Å². The number of piperazine rings is 1. The van der Waals surface area contributed by atoms with Crippen LogP contribution in [0.5, 0.6) is 0 Å². The van der Waals surface area contributed by atoms with Gasteiger partial charge in [0.05, 0.1) is 5.52 Å². The number of fused-ring (bicyclic) bond motifs is 3. The Labute approximate surface area is 193 Å². The number of halogens is 1. The Kier molecular flexibility index (Phi) is 5.70. The standard InChI is InChI=1S/C24H31ClN6O/c1-15(2)23(32)30-12-11-29(14-16(30)3)24-26-20-13-18(25)9-10-19(20)22-28-27-21(31(22)24)17-7-5-4-6-8-17/h9-10,13,15-17H,4-8,11-12,14H2,1-3H3/t16-/m1/s1. The number of hydrogen-bond donors (Lipinski definition) is 0. The van der Waals surface area contributed by atoms with Crippen molar-refractivity contribution in [2.45, 2.75) is 64.8 Å². The van der Waals surface area contributed by atoms with Crippen LogP contribution in [-0.4, -0.2) is 56.1 Å². The van der Waals surface area contributed by atoms with Gasteiger partial charge in [0.1, 0.15) is 5.82 Å². The molecule has 1 aromatic carbocycles. The Morgan fingerprint density at radius 2 is 1.91 bits per heavy atom. The quantitative estimate of drug-likeness (QED) is 0.575. The van der Waals surface area contributed by atoms with Gasteiger partial charge < -0.3 is 9.80 Å². The van der Waals surface area contributed by atoms with E-state index in [1.165, 1.54) is 19.3 Å².